The van der Waals surface area contributed by atoms with Gasteiger partial charge in [0.15, 0.2) is 11.5 Å². The lowest BCUT2D eigenvalue weighted by Crippen LogP contribution is -2.44. The molecule has 4 aromatic rings. The number of hydrogen-bond acceptors (Lipinski definition) is 6. The van der Waals surface area contributed by atoms with Crippen molar-refractivity contribution < 1.29 is 28.0 Å². The van der Waals surface area contributed by atoms with Crippen molar-refractivity contribution >= 4 is 62.5 Å². The van der Waals surface area contributed by atoms with Gasteiger partial charge in [0.1, 0.15) is 18.8 Å². The minimum atomic E-state index is -1.49. The van der Waals surface area contributed by atoms with E-state index in [1.54, 1.807) is 30.3 Å². The van der Waals surface area contributed by atoms with Crippen LogP contribution in [-0.2, 0) is 16.1 Å². The Balaban J connectivity index is 1.21. The van der Waals surface area contributed by atoms with E-state index in [0.717, 1.165) is 41.9 Å². The highest BCUT2D eigenvalue weighted by Crippen LogP contribution is 2.34. The smallest absolute Gasteiger partial charge is 0.270 e. The third-order valence-corrected chi connectivity index (χ3v) is 9.61. The summed E-state index contributed by atoms with van der Waals surface area (Å²) in [6.07, 6.45) is 2.10. The second-order valence-electron chi connectivity index (χ2n) is 11.2. The molecule has 2 fully saturated rings. The lowest BCUT2D eigenvalue weighted by atomic mass is 10.0. The Morgan fingerprint density at radius 2 is 1.80 bits per heavy atom. The Kier molecular flexibility index (Phi) is 8.56. The number of likely N-dealkylation sites (tertiary alicyclic amines) is 1. The van der Waals surface area contributed by atoms with Gasteiger partial charge in [0.05, 0.1) is 27.3 Å². The lowest BCUT2D eigenvalue weighted by molar-refractivity contribution is -0.137. The third-order valence-electron chi connectivity index (χ3n) is 8.15. The number of thiophene rings is 1. The molecule has 1 saturated heterocycles. The van der Waals surface area contributed by atoms with Crippen LogP contribution >= 0.6 is 22.9 Å². The second-order valence-corrected chi connectivity index (χ2v) is 12.6. The Hall–Kier alpha value is -4.36. The number of aromatic nitrogens is 2. The van der Waals surface area contributed by atoms with E-state index < -0.39 is 42.3 Å². The Labute approximate surface area is 265 Å². The molecule has 0 spiro atoms. The van der Waals surface area contributed by atoms with Crippen LogP contribution in [0.4, 0.5) is 14.5 Å². The van der Waals surface area contributed by atoms with Crippen molar-refractivity contribution in [1.82, 2.24) is 20.0 Å². The summed E-state index contributed by atoms with van der Waals surface area (Å²) in [7, 11) is 0. The number of benzene rings is 2. The summed E-state index contributed by atoms with van der Waals surface area (Å²) in [5, 5.41) is 10.0. The molecule has 2 aliphatic rings. The van der Waals surface area contributed by atoms with Crippen LogP contribution in [0.1, 0.15) is 52.3 Å². The molecular weight excluding hydrogens is 626 g/mol. The van der Waals surface area contributed by atoms with Gasteiger partial charge >= 0.3 is 0 Å². The van der Waals surface area contributed by atoms with Gasteiger partial charge in [-0.05, 0) is 31.0 Å². The summed E-state index contributed by atoms with van der Waals surface area (Å²) in [5.74, 6) is -3.26. The van der Waals surface area contributed by atoms with Gasteiger partial charge in [-0.2, -0.15) is 5.10 Å². The normalized spacial score (nSPS) is 18.4. The standard InChI is InChI=1S/C31H29ClF2N6O4S/c32-20-10-4-3-8-18(20)19-9-5-11-21(26(19)34)37-30(43)23-12-16(33)14-39(23)25(41)15-40-22-13-24(31(44)36-17-6-1-2-7-17)45-28(22)27(38-40)29(35)42/h3-5,8-11,13,16-17,23H,1-2,6-7,12,14-15H2,(H2,35,42)(H,36,44)(H,37,43)/t16-,23+/m1/s1. The molecule has 4 amide bonds. The highest BCUT2D eigenvalue weighted by atomic mass is 35.5. The third kappa shape index (κ3) is 6.14. The van der Waals surface area contributed by atoms with Crippen molar-refractivity contribution in [3.8, 4) is 11.1 Å². The summed E-state index contributed by atoms with van der Waals surface area (Å²) in [4.78, 5) is 53.3. The van der Waals surface area contributed by atoms with E-state index in [1.165, 1.54) is 22.9 Å². The van der Waals surface area contributed by atoms with E-state index in [-0.39, 0.29) is 41.9 Å². The van der Waals surface area contributed by atoms with E-state index in [4.69, 9.17) is 17.3 Å². The van der Waals surface area contributed by atoms with E-state index in [0.29, 0.717) is 25.7 Å². The number of nitrogens with two attached hydrogens (primary N) is 1. The van der Waals surface area contributed by atoms with Gasteiger partial charge < -0.3 is 21.3 Å². The number of amides is 4. The van der Waals surface area contributed by atoms with Gasteiger partial charge in [0.2, 0.25) is 11.8 Å². The fourth-order valence-electron chi connectivity index (χ4n) is 5.94. The first-order valence-corrected chi connectivity index (χ1v) is 15.7. The van der Waals surface area contributed by atoms with Crippen LogP contribution in [-0.4, -0.2) is 63.1 Å². The number of hydrogen-bond donors (Lipinski definition) is 3. The first kappa shape index (κ1) is 30.7. The van der Waals surface area contributed by atoms with Gasteiger partial charge in [-0.15, -0.1) is 11.3 Å². The highest BCUT2D eigenvalue weighted by Gasteiger charge is 2.40. The van der Waals surface area contributed by atoms with Crippen LogP contribution in [0.3, 0.4) is 0 Å². The molecule has 1 saturated carbocycles. The van der Waals surface area contributed by atoms with E-state index in [2.05, 4.69) is 15.7 Å². The molecule has 6 rings (SSSR count). The van der Waals surface area contributed by atoms with Crippen molar-refractivity contribution in [2.24, 2.45) is 5.73 Å². The second kappa shape index (κ2) is 12.6. The molecule has 14 heteroatoms. The molecule has 3 heterocycles. The maximum absolute atomic E-state index is 15.5. The van der Waals surface area contributed by atoms with Gasteiger partial charge in [0.25, 0.3) is 11.8 Å². The quantitative estimate of drug-likeness (QED) is 0.248. The summed E-state index contributed by atoms with van der Waals surface area (Å²) in [6.45, 7) is -0.804. The van der Waals surface area contributed by atoms with Crippen molar-refractivity contribution in [2.75, 3.05) is 11.9 Å². The topological polar surface area (TPSA) is 139 Å². The predicted octanol–water partition coefficient (Wildman–Crippen LogP) is 4.91. The molecule has 0 radical (unpaired) electrons. The lowest BCUT2D eigenvalue weighted by Gasteiger charge is -2.24. The molecule has 45 heavy (non-hydrogen) atoms. The molecule has 2 aromatic carbocycles. The maximum Gasteiger partial charge on any atom is 0.270 e. The number of nitrogens with one attached hydrogen (secondary N) is 2. The van der Waals surface area contributed by atoms with E-state index in [1.807, 2.05) is 0 Å². The first-order valence-electron chi connectivity index (χ1n) is 14.5. The van der Waals surface area contributed by atoms with Crippen LogP contribution in [0.15, 0.2) is 48.5 Å². The molecule has 0 bridgehead atoms. The van der Waals surface area contributed by atoms with Crippen LogP contribution in [0.2, 0.25) is 5.02 Å². The minimum Gasteiger partial charge on any atom is -0.364 e. The Morgan fingerprint density at radius 3 is 2.53 bits per heavy atom. The molecule has 10 nitrogen and oxygen atoms in total. The summed E-state index contributed by atoms with van der Waals surface area (Å²) in [6, 6.07) is 11.5. The zero-order chi connectivity index (χ0) is 31.8. The number of alkyl halides is 1. The molecule has 0 unspecified atom stereocenters. The van der Waals surface area contributed by atoms with Crippen LogP contribution < -0.4 is 16.4 Å². The fraction of sp³-hybridized carbons (Fsp3) is 0.323. The van der Waals surface area contributed by atoms with Gasteiger partial charge in [0, 0.05) is 28.6 Å². The molecule has 2 atom stereocenters. The number of rotatable bonds is 8. The monoisotopic (exact) mass is 654 g/mol. The zero-order valence-electron chi connectivity index (χ0n) is 23.9. The van der Waals surface area contributed by atoms with Crippen LogP contribution in [0.5, 0.6) is 0 Å². The summed E-state index contributed by atoms with van der Waals surface area (Å²) >= 11 is 7.29. The van der Waals surface area contributed by atoms with Crippen molar-refractivity contribution in [2.45, 2.75) is 56.9 Å². The Bertz CT molecular complexity index is 1820. The van der Waals surface area contributed by atoms with Gasteiger partial charge in [-0.1, -0.05) is 54.8 Å². The molecule has 1 aliphatic carbocycles. The number of anilines is 1. The summed E-state index contributed by atoms with van der Waals surface area (Å²) < 4.78 is 31.7. The minimum absolute atomic E-state index is 0.0791. The van der Waals surface area contributed by atoms with Crippen LogP contribution in [0, 0.1) is 5.82 Å². The summed E-state index contributed by atoms with van der Waals surface area (Å²) in [5.41, 5.74) is 6.24. The zero-order valence-corrected chi connectivity index (χ0v) is 25.5. The van der Waals surface area contributed by atoms with Crippen LogP contribution in [0.25, 0.3) is 21.3 Å². The van der Waals surface area contributed by atoms with Gasteiger partial charge in [-0.3, -0.25) is 23.9 Å². The Morgan fingerprint density at radius 1 is 1.07 bits per heavy atom. The molecule has 4 N–H and O–H groups in total. The number of nitrogens with zero attached hydrogens (tertiary/aromatic N) is 3. The number of primary amides is 1. The van der Waals surface area contributed by atoms with Crippen molar-refractivity contribution in [3.63, 3.8) is 0 Å². The maximum atomic E-state index is 15.5. The van der Waals surface area contributed by atoms with Crippen molar-refractivity contribution in [3.05, 3.63) is 69.9 Å². The average molecular weight is 655 g/mol. The average Bonchev–Trinajstić information content (AvgIpc) is 3.80. The predicted molar refractivity (Wildman–Crippen MR) is 166 cm³/mol. The number of carbonyl (C=O) groups excluding carboxylic acids is 4. The number of halogens is 3. The van der Waals surface area contributed by atoms with Crippen molar-refractivity contribution in [1.29, 1.82) is 0 Å². The van der Waals surface area contributed by atoms with Gasteiger partial charge in [-0.25, -0.2) is 8.78 Å². The largest absolute Gasteiger partial charge is 0.364 e. The number of carbonyl (C=O) groups is 4. The van der Waals surface area contributed by atoms with E-state index in [9.17, 15) is 23.6 Å². The highest BCUT2D eigenvalue weighted by molar-refractivity contribution is 7.21. The molecular formula is C31H29ClF2N6O4S. The van der Waals surface area contributed by atoms with E-state index >= 15 is 4.39 Å². The molecule has 2 aromatic heterocycles. The molecule has 234 valence electrons. The first-order chi connectivity index (χ1) is 21.6. The fourth-order valence-corrected chi connectivity index (χ4v) is 7.23. The molecule has 1 aliphatic heterocycles. The SMILES string of the molecule is NC(=O)c1nn(CC(=O)N2C[C@H](F)C[C@H]2C(=O)Nc2cccc(-c3ccccc3Cl)c2F)c2cc(C(=O)NC3CCCC3)sc12. The number of fused-ring (bicyclic) bond motifs is 1.